The summed E-state index contributed by atoms with van der Waals surface area (Å²) in [6, 6.07) is 1.98. The molecule has 108 valence electrons. The van der Waals surface area contributed by atoms with E-state index in [2.05, 4.69) is 27.1 Å². The van der Waals surface area contributed by atoms with Gasteiger partial charge in [0.05, 0.1) is 24.6 Å². The first-order valence-electron chi connectivity index (χ1n) is 7.11. The first-order valence-corrected chi connectivity index (χ1v) is 7.11. The van der Waals surface area contributed by atoms with Crippen molar-refractivity contribution in [3.05, 3.63) is 18.6 Å². The van der Waals surface area contributed by atoms with Gasteiger partial charge >= 0.3 is 0 Å². The monoisotopic (exact) mass is 275 g/mol. The first kappa shape index (κ1) is 13.3. The van der Waals surface area contributed by atoms with Crippen molar-refractivity contribution in [1.82, 2.24) is 19.4 Å². The van der Waals surface area contributed by atoms with Crippen LogP contribution in [0.3, 0.4) is 0 Å². The Bertz CT molecular complexity index is 582. The molecule has 0 aliphatic carbocycles. The highest BCUT2D eigenvalue weighted by Gasteiger charge is 2.19. The molecule has 1 aliphatic heterocycles. The van der Waals surface area contributed by atoms with Crippen LogP contribution in [0.25, 0.3) is 11.0 Å². The van der Waals surface area contributed by atoms with E-state index in [1.165, 1.54) is 0 Å². The summed E-state index contributed by atoms with van der Waals surface area (Å²) >= 11 is 0. The zero-order valence-electron chi connectivity index (χ0n) is 12.0. The van der Waals surface area contributed by atoms with Crippen LogP contribution in [0.15, 0.2) is 18.6 Å². The number of nitrogens with one attached hydrogen (secondary N) is 1. The number of pyridine rings is 1. The molecule has 6 heteroatoms. The average Bonchev–Trinajstić information content (AvgIpc) is 2.88. The molecular weight excluding hydrogens is 254 g/mol. The summed E-state index contributed by atoms with van der Waals surface area (Å²) in [5.74, 6) is 0.834. The Hall–Kier alpha value is -1.66. The Morgan fingerprint density at radius 3 is 3.20 bits per heavy atom. The normalized spacial score (nSPS) is 20.4. The molecule has 0 saturated carbocycles. The molecule has 1 N–H and O–H groups in total. The minimum atomic E-state index is 0.212. The van der Waals surface area contributed by atoms with E-state index in [0.29, 0.717) is 0 Å². The first-order chi connectivity index (χ1) is 9.78. The number of hydrogen-bond acceptors (Lipinski definition) is 5. The van der Waals surface area contributed by atoms with Gasteiger partial charge in [0.1, 0.15) is 5.52 Å². The van der Waals surface area contributed by atoms with Gasteiger partial charge in [-0.3, -0.25) is 4.90 Å². The maximum atomic E-state index is 5.79. The van der Waals surface area contributed by atoms with E-state index in [4.69, 9.17) is 4.74 Å². The van der Waals surface area contributed by atoms with E-state index in [9.17, 15) is 0 Å². The second-order valence-electron chi connectivity index (χ2n) is 5.15. The summed E-state index contributed by atoms with van der Waals surface area (Å²) in [6.07, 6.45) is 3.84. The molecule has 2 aromatic heterocycles. The van der Waals surface area contributed by atoms with Crippen LogP contribution in [0.1, 0.15) is 6.92 Å². The third-order valence-corrected chi connectivity index (χ3v) is 3.81. The molecule has 1 fully saturated rings. The highest BCUT2D eigenvalue weighted by Crippen LogP contribution is 2.18. The SMILES string of the molecule is CCN1CCOC(CNc2nccc3c2ncn3C)C1. The Morgan fingerprint density at radius 2 is 2.35 bits per heavy atom. The van der Waals surface area contributed by atoms with Crippen molar-refractivity contribution in [2.24, 2.45) is 7.05 Å². The standard InChI is InChI=1S/C14H21N5O/c1-3-19-6-7-20-11(9-19)8-16-14-13-12(4-5-15-14)18(2)10-17-13/h4-5,10-11H,3,6-9H2,1-2H3,(H,15,16). The summed E-state index contributed by atoms with van der Waals surface area (Å²) < 4.78 is 7.79. The highest BCUT2D eigenvalue weighted by molar-refractivity contribution is 5.85. The van der Waals surface area contributed by atoms with Gasteiger partial charge < -0.3 is 14.6 Å². The number of ether oxygens (including phenoxy) is 1. The zero-order chi connectivity index (χ0) is 13.9. The predicted molar refractivity (Wildman–Crippen MR) is 78.9 cm³/mol. The van der Waals surface area contributed by atoms with E-state index in [0.717, 1.165) is 49.6 Å². The van der Waals surface area contributed by atoms with Crippen molar-refractivity contribution >= 4 is 16.9 Å². The number of morpholine rings is 1. The maximum Gasteiger partial charge on any atom is 0.154 e. The van der Waals surface area contributed by atoms with Gasteiger partial charge in [-0.05, 0) is 12.6 Å². The minimum absolute atomic E-state index is 0.212. The van der Waals surface area contributed by atoms with E-state index in [1.807, 2.05) is 30.2 Å². The number of anilines is 1. The quantitative estimate of drug-likeness (QED) is 0.905. The highest BCUT2D eigenvalue weighted by atomic mass is 16.5. The molecular formula is C14H21N5O. The second-order valence-corrected chi connectivity index (χ2v) is 5.15. The molecule has 0 aromatic carbocycles. The summed E-state index contributed by atoms with van der Waals surface area (Å²) in [7, 11) is 1.99. The van der Waals surface area contributed by atoms with Crippen LogP contribution in [-0.4, -0.2) is 58.3 Å². The van der Waals surface area contributed by atoms with Gasteiger partial charge in [0.15, 0.2) is 5.82 Å². The van der Waals surface area contributed by atoms with Crippen molar-refractivity contribution in [2.45, 2.75) is 13.0 Å². The van der Waals surface area contributed by atoms with Crippen LogP contribution in [0.5, 0.6) is 0 Å². The third kappa shape index (κ3) is 2.62. The van der Waals surface area contributed by atoms with Crippen LogP contribution in [-0.2, 0) is 11.8 Å². The van der Waals surface area contributed by atoms with Gasteiger partial charge in [0.25, 0.3) is 0 Å². The number of likely N-dealkylation sites (N-methyl/N-ethyl adjacent to an activating group) is 1. The fourth-order valence-corrected chi connectivity index (χ4v) is 2.59. The smallest absolute Gasteiger partial charge is 0.154 e. The number of imidazole rings is 1. The minimum Gasteiger partial charge on any atom is -0.374 e. The summed E-state index contributed by atoms with van der Waals surface area (Å²) in [5, 5.41) is 3.38. The topological polar surface area (TPSA) is 55.2 Å². The molecule has 0 spiro atoms. The maximum absolute atomic E-state index is 5.79. The van der Waals surface area contributed by atoms with Crippen molar-refractivity contribution in [2.75, 3.05) is 38.1 Å². The molecule has 0 bridgehead atoms. The number of hydrogen-bond donors (Lipinski definition) is 1. The van der Waals surface area contributed by atoms with Crippen LogP contribution in [0, 0.1) is 0 Å². The van der Waals surface area contributed by atoms with Gasteiger partial charge in [-0.15, -0.1) is 0 Å². The molecule has 1 unspecified atom stereocenters. The van der Waals surface area contributed by atoms with E-state index >= 15 is 0 Å². The molecule has 6 nitrogen and oxygen atoms in total. The van der Waals surface area contributed by atoms with E-state index < -0.39 is 0 Å². The summed E-state index contributed by atoms with van der Waals surface area (Å²) in [6.45, 7) is 6.84. The van der Waals surface area contributed by atoms with Crippen molar-refractivity contribution in [3.63, 3.8) is 0 Å². The molecule has 0 amide bonds. The number of rotatable bonds is 4. The lowest BCUT2D eigenvalue weighted by Gasteiger charge is -2.32. The molecule has 3 heterocycles. The Morgan fingerprint density at radius 1 is 1.45 bits per heavy atom. The Kier molecular flexibility index (Phi) is 3.84. The lowest BCUT2D eigenvalue weighted by molar-refractivity contribution is -0.0192. The second kappa shape index (κ2) is 5.76. The van der Waals surface area contributed by atoms with Gasteiger partial charge in [-0.25, -0.2) is 9.97 Å². The van der Waals surface area contributed by atoms with Gasteiger partial charge in [0, 0.05) is 32.9 Å². The van der Waals surface area contributed by atoms with Crippen LogP contribution in [0.2, 0.25) is 0 Å². The molecule has 2 aromatic rings. The fraction of sp³-hybridized carbons (Fsp3) is 0.571. The predicted octanol–water partition coefficient (Wildman–Crippen LogP) is 1.10. The Balaban J connectivity index is 1.68. The largest absolute Gasteiger partial charge is 0.374 e. The van der Waals surface area contributed by atoms with Crippen LogP contribution < -0.4 is 5.32 Å². The number of aromatic nitrogens is 3. The molecule has 3 rings (SSSR count). The van der Waals surface area contributed by atoms with Crippen molar-refractivity contribution < 1.29 is 4.74 Å². The Labute approximate surface area is 118 Å². The van der Waals surface area contributed by atoms with Gasteiger partial charge in [-0.2, -0.15) is 0 Å². The average molecular weight is 275 g/mol. The summed E-state index contributed by atoms with van der Waals surface area (Å²) in [5.41, 5.74) is 2.00. The lowest BCUT2D eigenvalue weighted by atomic mass is 10.2. The lowest BCUT2D eigenvalue weighted by Crippen LogP contribution is -2.45. The van der Waals surface area contributed by atoms with Gasteiger partial charge in [0.2, 0.25) is 0 Å². The summed E-state index contributed by atoms with van der Waals surface area (Å²) in [4.78, 5) is 11.2. The number of fused-ring (bicyclic) bond motifs is 1. The van der Waals surface area contributed by atoms with Gasteiger partial charge in [-0.1, -0.05) is 6.92 Å². The number of nitrogens with zero attached hydrogens (tertiary/aromatic N) is 4. The third-order valence-electron chi connectivity index (χ3n) is 3.81. The van der Waals surface area contributed by atoms with Crippen LogP contribution in [0.4, 0.5) is 5.82 Å². The molecule has 1 saturated heterocycles. The van der Waals surface area contributed by atoms with Crippen molar-refractivity contribution in [3.8, 4) is 0 Å². The van der Waals surface area contributed by atoms with Crippen LogP contribution >= 0.6 is 0 Å². The molecule has 1 atom stereocenters. The van der Waals surface area contributed by atoms with E-state index in [-0.39, 0.29) is 6.10 Å². The fourth-order valence-electron chi connectivity index (χ4n) is 2.59. The number of aryl methyl sites for hydroxylation is 1. The zero-order valence-corrected chi connectivity index (χ0v) is 12.0. The van der Waals surface area contributed by atoms with Crippen molar-refractivity contribution in [1.29, 1.82) is 0 Å². The molecule has 1 aliphatic rings. The molecule has 0 radical (unpaired) electrons. The molecule has 20 heavy (non-hydrogen) atoms. The van der Waals surface area contributed by atoms with E-state index in [1.54, 1.807) is 0 Å².